The fourth-order valence-corrected chi connectivity index (χ4v) is 3.88. The highest BCUT2D eigenvalue weighted by molar-refractivity contribution is 5.92. The van der Waals surface area contributed by atoms with E-state index in [9.17, 15) is 4.79 Å². The highest BCUT2D eigenvalue weighted by Crippen LogP contribution is 2.33. The minimum Gasteiger partial charge on any atom is -0.376 e. The summed E-state index contributed by atoms with van der Waals surface area (Å²) in [5.41, 5.74) is 1.81. The van der Waals surface area contributed by atoms with Crippen LogP contribution in [0.5, 0.6) is 0 Å². The Kier molecular flexibility index (Phi) is 4.50. The van der Waals surface area contributed by atoms with Crippen LogP contribution in [0.3, 0.4) is 0 Å². The van der Waals surface area contributed by atoms with Gasteiger partial charge in [0, 0.05) is 63.7 Å². The molecule has 2 aromatic rings. The summed E-state index contributed by atoms with van der Waals surface area (Å²) in [6.45, 7) is 4.23. The van der Waals surface area contributed by atoms with Gasteiger partial charge in [0.05, 0.1) is 12.7 Å². The summed E-state index contributed by atoms with van der Waals surface area (Å²) >= 11 is 0. The Labute approximate surface area is 147 Å². The highest BCUT2D eigenvalue weighted by atomic mass is 16.5. The maximum Gasteiger partial charge on any atom is 0.269 e. The fourth-order valence-electron chi connectivity index (χ4n) is 3.88. The lowest BCUT2D eigenvalue weighted by molar-refractivity contribution is 0.0898. The molecule has 0 saturated carbocycles. The van der Waals surface area contributed by atoms with Gasteiger partial charge in [-0.25, -0.2) is 0 Å². The van der Waals surface area contributed by atoms with Gasteiger partial charge in [0.15, 0.2) is 0 Å². The lowest BCUT2D eigenvalue weighted by atomic mass is 9.93. The van der Waals surface area contributed by atoms with E-state index in [2.05, 4.69) is 26.4 Å². The Balaban J connectivity index is 1.31. The monoisotopic (exact) mass is 341 g/mol. The van der Waals surface area contributed by atoms with E-state index in [1.54, 1.807) is 30.2 Å². The van der Waals surface area contributed by atoms with Crippen LogP contribution in [0.15, 0.2) is 36.8 Å². The number of rotatable bonds is 5. The Morgan fingerprint density at radius 2 is 2.28 bits per heavy atom. The molecule has 0 bridgehead atoms. The summed E-state index contributed by atoms with van der Waals surface area (Å²) in [5, 5.41) is 7.08. The normalized spacial score (nSPS) is 25.9. The maximum atomic E-state index is 12.3. The lowest BCUT2D eigenvalue weighted by Crippen LogP contribution is -2.35. The number of nitrogens with one attached hydrogen (secondary N) is 1. The first-order chi connectivity index (χ1) is 12.2. The molecule has 132 valence electrons. The topological polar surface area (TPSA) is 72.3 Å². The van der Waals surface area contributed by atoms with Gasteiger partial charge in [-0.1, -0.05) is 6.07 Å². The summed E-state index contributed by atoms with van der Waals surface area (Å²) < 4.78 is 7.57. The number of amides is 1. The first-order valence-corrected chi connectivity index (χ1v) is 8.70. The second kappa shape index (κ2) is 6.93. The number of fused-ring (bicyclic) bond motifs is 1. The van der Waals surface area contributed by atoms with Gasteiger partial charge in [-0.3, -0.25) is 19.4 Å². The molecule has 4 heterocycles. The average molecular weight is 341 g/mol. The lowest BCUT2D eigenvalue weighted by Gasteiger charge is -2.20. The van der Waals surface area contributed by atoms with Gasteiger partial charge in [0.1, 0.15) is 5.69 Å². The molecule has 1 N–H and O–H groups in total. The molecule has 0 spiro atoms. The molecule has 1 amide bonds. The average Bonchev–Trinajstić information content (AvgIpc) is 3.30. The van der Waals surface area contributed by atoms with Crippen molar-refractivity contribution in [2.45, 2.75) is 12.6 Å². The van der Waals surface area contributed by atoms with Gasteiger partial charge >= 0.3 is 0 Å². The molecule has 2 aliphatic rings. The van der Waals surface area contributed by atoms with Crippen molar-refractivity contribution in [3.05, 3.63) is 48.0 Å². The molecular formula is C18H23N5O2. The predicted molar refractivity (Wildman–Crippen MR) is 91.8 cm³/mol. The zero-order valence-corrected chi connectivity index (χ0v) is 14.3. The molecule has 0 aromatic carbocycles. The third kappa shape index (κ3) is 3.43. The van der Waals surface area contributed by atoms with Crippen LogP contribution in [-0.4, -0.2) is 57.9 Å². The number of hydrogen-bond donors (Lipinski definition) is 1. The number of pyridine rings is 1. The number of aryl methyl sites for hydroxylation is 1. The van der Waals surface area contributed by atoms with E-state index in [1.807, 2.05) is 12.3 Å². The molecule has 2 aliphatic heterocycles. The van der Waals surface area contributed by atoms with Gasteiger partial charge in [-0.2, -0.15) is 5.10 Å². The second-order valence-electron chi connectivity index (χ2n) is 6.90. The van der Waals surface area contributed by atoms with Crippen molar-refractivity contribution in [3.63, 3.8) is 0 Å². The number of carbonyl (C=O) groups is 1. The first-order valence-electron chi connectivity index (χ1n) is 8.70. The van der Waals surface area contributed by atoms with Crippen molar-refractivity contribution in [3.8, 4) is 0 Å². The standard InChI is InChI=1S/C18H23N5O2/c1-22-16(4-6-21-22)18(24)20-8-14-12-25-17-11-23(10-15(14)17)9-13-3-2-5-19-7-13/h2-7,14-15,17H,8-12H2,1H3,(H,20,24)/t14-,15-,17-/m1/s1. The van der Waals surface area contributed by atoms with Crippen LogP contribution in [0, 0.1) is 11.8 Å². The molecule has 25 heavy (non-hydrogen) atoms. The third-order valence-electron chi connectivity index (χ3n) is 5.22. The molecular weight excluding hydrogens is 318 g/mol. The fraction of sp³-hybridized carbons (Fsp3) is 0.500. The molecule has 7 heteroatoms. The molecule has 3 atom stereocenters. The predicted octanol–water partition coefficient (Wildman–Crippen LogP) is 0.692. The van der Waals surface area contributed by atoms with Crippen LogP contribution < -0.4 is 5.32 Å². The number of aromatic nitrogens is 3. The van der Waals surface area contributed by atoms with Crippen LogP contribution in [0.2, 0.25) is 0 Å². The van der Waals surface area contributed by atoms with Gasteiger partial charge < -0.3 is 10.1 Å². The van der Waals surface area contributed by atoms with Gasteiger partial charge in [0.25, 0.3) is 5.91 Å². The SMILES string of the molecule is Cn1nccc1C(=O)NC[C@@H]1CO[C@@H]2CN(Cc3cccnc3)C[C@H]12. The van der Waals surface area contributed by atoms with E-state index >= 15 is 0 Å². The maximum absolute atomic E-state index is 12.3. The van der Waals surface area contributed by atoms with E-state index in [1.165, 1.54) is 5.56 Å². The molecule has 0 aliphatic carbocycles. The number of likely N-dealkylation sites (tertiary alicyclic amines) is 1. The molecule has 2 saturated heterocycles. The first kappa shape index (κ1) is 16.2. The van der Waals surface area contributed by atoms with E-state index in [0.717, 1.165) is 26.2 Å². The summed E-state index contributed by atoms with van der Waals surface area (Å²) in [7, 11) is 1.77. The summed E-state index contributed by atoms with van der Waals surface area (Å²) in [4.78, 5) is 18.9. The van der Waals surface area contributed by atoms with E-state index < -0.39 is 0 Å². The van der Waals surface area contributed by atoms with E-state index in [4.69, 9.17) is 4.74 Å². The van der Waals surface area contributed by atoms with Crippen molar-refractivity contribution in [1.29, 1.82) is 0 Å². The molecule has 2 fully saturated rings. The number of hydrogen-bond acceptors (Lipinski definition) is 5. The zero-order chi connectivity index (χ0) is 17.2. The van der Waals surface area contributed by atoms with Crippen molar-refractivity contribution >= 4 is 5.91 Å². The summed E-state index contributed by atoms with van der Waals surface area (Å²) in [5.74, 6) is 0.762. The highest BCUT2D eigenvalue weighted by Gasteiger charge is 2.43. The number of ether oxygens (including phenoxy) is 1. The molecule has 2 aromatic heterocycles. The van der Waals surface area contributed by atoms with Crippen molar-refractivity contribution in [2.75, 3.05) is 26.2 Å². The van der Waals surface area contributed by atoms with Crippen LogP contribution in [0.25, 0.3) is 0 Å². The largest absolute Gasteiger partial charge is 0.376 e. The van der Waals surface area contributed by atoms with Gasteiger partial charge in [0.2, 0.25) is 0 Å². The van der Waals surface area contributed by atoms with Crippen LogP contribution in [0.1, 0.15) is 16.1 Å². The zero-order valence-electron chi connectivity index (χ0n) is 14.3. The molecule has 0 unspecified atom stereocenters. The molecule has 7 nitrogen and oxygen atoms in total. The Bertz CT molecular complexity index is 732. The summed E-state index contributed by atoms with van der Waals surface area (Å²) in [6, 6.07) is 5.81. The van der Waals surface area contributed by atoms with Crippen molar-refractivity contribution in [2.24, 2.45) is 18.9 Å². The smallest absolute Gasteiger partial charge is 0.269 e. The minimum atomic E-state index is -0.0753. The number of carbonyl (C=O) groups excluding carboxylic acids is 1. The van der Waals surface area contributed by atoms with Crippen LogP contribution >= 0.6 is 0 Å². The minimum absolute atomic E-state index is 0.0753. The second-order valence-corrected chi connectivity index (χ2v) is 6.90. The van der Waals surface area contributed by atoms with Crippen molar-refractivity contribution in [1.82, 2.24) is 25.0 Å². The molecule has 4 rings (SSSR count). The van der Waals surface area contributed by atoms with Crippen molar-refractivity contribution < 1.29 is 9.53 Å². The summed E-state index contributed by atoms with van der Waals surface area (Å²) in [6.07, 6.45) is 5.62. The Morgan fingerprint density at radius 1 is 1.36 bits per heavy atom. The van der Waals surface area contributed by atoms with E-state index in [0.29, 0.717) is 24.1 Å². The Morgan fingerprint density at radius 3 is 3.04 bits per heavy atom. The van der Waals surface area contributed by atoms with Gasteiger partial charge in [-0.15, -0.1) is 0 Å². The van der Waals surface area contributed by atoms with Crippen LogP contribution in [0.4, 0.5) is 0 Å². The van der Waals surface area contributed by atoms with E-state index in [-0.39, 0.29) is 12.0 Å². The Hall–Kier alpha value is -2.25. The van der Waals surface area contributed by atoms with Crippen LogP contribution in [-0.2, 0) is 18.3 Å². The molecule has 0 radical (unpaired) electrons. The quantitative estimate of drug-likeness (QED) is 0.866. The third-order valence-corrected chi connectivity index (χ3v) is 5.22. The van der Waals surface area contributed by atoms with Gasteiger partial charge in [-0.05, 0) is 17.7 Å². The number of nitrogens with zero attached hydrogens (tertiary/aromatic N) is 4.